The molecule has 0 aliphatic carbocycles. The molecule has 2 aromatic rings. The summed E-state index contributed by atoms with van der Waals surface area (Å²) >= 11 is 0. The minimum atomic E-state index is -0.359. The van der Waals surface area contributed by atoms with Gasteiger partial charge in [-0.25, -0.2) is 9.31 Å². The van der Waals surface area contributed by atoms with E-state index in [1.54, 1.807) is 36.9 Å². The molecule has 5 nitrogen and oxygen atoms in total. The third kappa shape index (κ3) is 1.71. The molecule has 0 atom stereocenters. The van der Waals surface area contributed by atoms with Gasteiger partial charge in [-0.3, -0.25) is 0 Å². The number of methoxy groups -OCH3 is 1. The lowest BCUT2D eigenvalue weighted by molar-refractivity contribution is 0.0528. The molecular weight excluding hydrogens is 208 g/mol. The fourth-order valence-corrected chi connectivity index (χ4v) is 1.45. The summed E-state index contributed by atoms with van der Waals surface area (Å²) in [6, 6.07) is 3.55. The smallest absolute Gasteiger partial charge is 0.341 e. The van der Waals surface area contributed by atoms with Crippen molar-refractivity contribution in [2.75, 3.05) is 13.7 Å². The van der Waals surface area contributed by atoms with Crippen LogP contribution in [0.25, 0.3) is 5.52 Å². The van der Waals surface area contributed by atoms with Gasteiger partial charge in [-0.1, -0.05) is 0 Å². The Labute approximate surface area is 92.6 Å². The molecule has 2 aromatic heterocycles. The highest BCUT2D eigenvalue weighted by atomic mass is 16.5. The van der Waals surface area contributed by atoms with Crippen LogP contribution in [-0.2, 0) is 4.74 Å². The van der Waals surface area contributed by atoms with Gasteiger partial charge in [-0.05, 0) is 19.1 Å². The van der Waals surface area contributed by atoms with Crippen LogP contribution >= 0.6 is 0 Å². The Morgan fingerprint density at radius 2 is 2.31 bits per heavy atom. The van der Waals surface area contributed by atoms with Crippen LogP contribution in [0.1, 0.15) is 17.3 Å². The summed E-state index contributed by atoms with van der Waals surface area (Å²) in [6.45, 7) is 2.12. The van der Waals surface area contributed by atoms with E-state index in [-0.39, 0.29) is 5.97 Å². The lowest BCUT2D eigenvalue weighted by Crippen LogP contribution is -2.03. The van der Waals surface area contributed by atoms with Crippen LogP contribution < -0.4 is 4.74 Å². The fourth-order valence-electron chi connectivity index (χ4n) is 1.45. The topological polar surface area (TPSA) is 52.8 Å². The number of fused-ring (bicyclic) bond motifs is 1. The number of pyridine rings is 1. The molecule has 5 heteroatoms. The lowest BCUT2D eigenvalue weighted by atomic mass is 10.2. The Balaban J connectivity index is 2.45. The van der Waals surface area contributed by atoms with E-state index in [1.165, 1.54) is 6.20 Å². The standard InChI is InChI=1S/C11H12N2O3/c1-3-16-11(14)9-6-12-13-7-8(15-2)4-5-10(9)13/h4-7H,3H2,1-2H3. The number of rotatable bonds is 3. The average Bonchev–Trinajstić information content (AvgIpc) is 2.71. The third-order valence-electron chi connectivity index (χ3n) is 2.22. The van der Waals surface area contributed by atoms with Gasteiger partial charge in [-0.2, -0.15) is 5.10 Å². The molecule has 0 radical (unpaired) electrons. The first-order valence-electron chi connectivity index (χ1n) is 4.94. The minimum Gasteiger partial charge on any atom is -0.495 e. The zero-order valence-corrected chi connectivity index (χ0v) is 9.14. The van der Waals surface area contributed by atoms with Crippen LogP contribution in [0, 0.1) is 0 Å². The van der Waals surface area contributed by atoms with Crippen molar-refractivity contribution in [1.29, 1.82) is 0 Å². The van der Waals surface area contributed by atoms with Gasteiger partial charge in [0.1, 0.15) is 11.3 Å². The first kappa shape index (κ1) is 10.5. The number of hydrogen-bond acceptors (Lipinski definition) is 4. The highest BCUT2D eigenvalue weighted by Gasteiger charge is 2.13. The molecule has 0 N–H and O–H groups in total. The first-order chi connectivity index (χ1) is 7.76. The number of carbonyl (C=O) groups is 1. The van der Waals surface area contributed by atoms with Gasteiger partial charge in [0.15, 0.2) is 0 Å². The summed E-state index contributed by atoms with van der Waals surface area (Å²) in [5.74, 6) is 0.327. The second-order valence-electron chi connectivity index (χ2n) is 3.18. The second-order valence-corrected chi connectivity index (χ2v) is 3.18. The Morgan fingerprint density at radius 3 is 3.00 bits per heavy atom. The predicted octanol–water partition coefficient (Wildman–Crippen LogP) is 1.52. The van der Waals surface area contributed by atoms with Gasteiger partial charge in [-0.15, -0.1) is 0 Å². The summed E-state index contributed by atoms with van der Waals surface area (Å²) in [4.78, 5) is 11.6. The molecule has 84 valence electrons. The molecule has 0 saturated carbocycles. The molecule has 2 rings (SSSR count). The molecule has 0 aromatic carbocycles. The van der Waals surface area contributed by atoms with Crippen LogP contribution in [0.15, 0.2) is 24.5 Å². The number of aromatic nitrogens is 2. The Hall–Kier alpha value is -2.04. The molecule has 0 saturated heterocycles. The van der Waals surface area contributed by atoms with E-state index in [4.69, 9.17) is 9.47 Å². The van der Waals surface area contributed by atoms with E-state index in [9.17, 15) is 4.79 Å². The number of hydrogen-bond donors (Lipinski definition) is 0. The van der Waals surface area contributed by atoms with Crippen molar-refractivity contribution in [1.82, 2.24) is 9.61 Å². The number of esters is 1. The van der Waals surface area contributed by atoms with Gasteiger partial charge < -0.3 is 9.47 Å². The maximum atomic E-state index is 11.6. The van der Waals surface area contributed by atoms with E-state index < -0.39 is 0 Å². The molecule has 0 aliphatic rings. The van der Waals surface area contributed by atoms with Crippen molar-refractivity contribution in [2.45, 2.75) is 6.92 Å². The predicted molar refractivity (Wildman–Crippen MR) is 57.7 cm³/mol. The van der Waals surface area contributed by atoms with Crippen LogP contribution in [-0.4, -0.2) is 29.3 Å². The Morgan fingerprint density at radius 1 is 1.50 bits per heavy atom. The van der Waals surface area contributed by atoms with Crippen molar-refractivity contribution in [3.63, 3.8) is 0 Å². The largest absolute Gasteiger partial charge is 0.495 e. The summed E-state index contributed by atoms with van der Waals surface area (Å²) in [7, 11) is 1.58. The molecule has 0 fully saturated rings. The van der Waals surface area contributed by atoms with E-state index in [0.29, 0.717) is 23.4 Å². The number of carbonyl (C=O) groups excluding carboxylic acids is 1. The van der Waals surface area contributed by atoms with Crippen LogP contribution in [0.5, 0.6) is 5.75 Å². The molecule has 0 amide bonds. The molecule has 0 unspecified atom stereocenters. The lowest BCUT2D eigenvalue weighted by Gasteiger charge is -2.01. The summed E-state index contributed by atoms with van der Waals surface area (Å²) < 4.78 is 11.6. The molecule has 16 heavy (non-hydrogen) atoms. The average molecular weight is 220 g/mol. The Bertz CT molecular complexity index is 519. The molecular formula is C11H12N2O3. The molecule has 0 aliphatic heterocycles. The SMILES string of the molecule is CCOC(=O)c1cnn2cc(OC)ccc12. The maximum Gasteiger partial charge on any atom is 0.341 e. The summed E-state index contributed by atoms with van der Waals surface area (Å²) in [6.07, 6.45) is 3.20. The van der Waals surface area contributed by atoms with E-state index in [0.717, 1.165) is 0 Å². The van der Waals surface area contributed by atoms with E-state index in [2.05, 4.69) is 5.10 Å². The number of nitrogens with zero attached hydrogens (tertiary/aromatic N) is 2. The first-order valence-corrected chi connectivity index (χ1v) is 4.94. The van der Waals surface area contributed by atoms with E-state index >= 15 is 0 Å². The molecule has 0 bridgehead atoms. The van der Waals surface area contributed by atoms with Crippen molar-refractivity contribution >= 4 is 11.5 Å². The van der Waals surface area contributed by atoms with Gasteiger partial charge in [0.2, 0.25) is 0 Å². The van der Waals surface area contributed by atoms with Gasteiger partial charge in [0.25, 0.3) is 0 Å². The van der Waals surface area contributed by atoms with Crippen LogP contribution in [0.4, 0.5) is 0 Å². The normalized spacial score (nSPS) is 10.4. The van der Waals surface area contributed by atoms with Gasteiger partial charge in [0, 0.05) is 0 Å². The van der Waals surface area contributed by atoms with Gasteiger partial charge in [0.05, 0.1) is 31.6 Å². The Kier molecular flexibility index (Phi) is 2.76. The van der Waals surface area contributed by atoms with Crippen molar-refractivity contribution in [3.8, 4) is 5.75 Å². The minimum absolute atomic E-state index is 0.354. The third-order valence-corrected chi connectivity index (χ3v) is 2.22. The summed E-state index contributed by atoms with van der Waals surface area (Å²) in [5.41, 5.74) is 1.17. The number of ether oxygens (including phenoxy) is 2. The van der Waals surface area contributed by atoms with Crippen molar-refractivity contribution < 1.29 is 14.3 Å². The zero-order chi connectivity index (χ0) is 11.5. The van der Waals surface area contributed by atoms with Gasteiger partial charge >= 0.3 is 5.97 Å². The second kappa shape index (κ2) is 4.22. The van der Waals surface area contributed by atoms with Crippen LogP contribution in [0.2, 0.25) is 0 Å². The van der Waals surface area contributed by atoms with E-state index in [1.807, 2.05) is 0 Å². The van der Waals surface area contributed by atoms with Crippen molar-refractivity contribution in [2.24, 2.45) is 0 Å². The zero-order valence-electron chi connectivity index (χ0n) is 9.14. The summed E-state index contributed by atoms with van der Waals surface area (Å²) in [5, 5.41) is 4.07. The fraction of sp³-hybridized carbons (Fsp3) is 0.273. The molecule has 2 heterocycles. The highest BCUT2D eigenvalue weighted by Crippen LogP contribution is 2.16. The maximum absolute atomic E-state index is 11.6. The monoisotopic (exact) mass is 220 g/mol. The quantitative estimate of drug-likeness (QED) is 0.736. The highest BCUT2D eigenvalue weighted by molar-refractivity contribution is 5.96. The van der Waals surface area contributed by atoms with Crippen LogP contribution in [0.3, 0.4) is 0 Å². The molecule has 0 spiro atoms. The van der Waals surface area contributed by atoms with Crippen molar-refractivity contribution in [3.05, 3.63) is 30.1 Å².